The third-order valence-electron chi connectivity index (χ3n) is 1.97. The Morgan fingerprint density at radius 2 is 2.13 bits per heavy atom. The van der Waals surface area contributed by atoms with Crippen molar-refractivity contribution in [1.29, 1.82) is 0 Å². The Balaban J connectivity index is 2.73. The average Bonchev–Trinajstić information content (AvgIpc) is 2.17. The highest BCUT2D eigenvalue weighted by Gasteiger charge is 2.09. The van der Waals surface area contributed by atoms with Crippen LogP contribution in [0.4, 0.5) is 4.39 Å². The Hall–Kier alpha value is -0.540. The molecule has 0 amide bonds. The van der Waals surface area contributed by atoms with E-state index in [0.29, 0.717) is 11.8 Å². The van der Waals surface area contributed by atoms with Gasteiger partial charge >= 0.3 is 0 Å². The van der Waals surface area contributed by atoms with Crippen molar-refractivity contribution < 1.29 is 4.39 Å². The summed E-state index contributed by atoms with van der Waals surface area (Å²) in [5, 5.41) is 3.37. The van der Waals surface area contributed by atoms with Gasteiger partial charge in [-0.2, -0.15) is 0 Å². The predicted octanol–water partition coefficient (Wildman–Crippen LogP) is 3.42. The van der Waals surface area contributed by atoms with Gasteiger partial charge in [-0.1, -0.05) is 26.0 Å². The molecule has 0 aromatic heterocycles. The molecule has 1 N–H and O–H groups in total. The topological polar surface area (TPSA) is 12.0 Å². The van der Waals surface area contributed by atoms with Gasteiger partial charge in [0.1, 0.15) is 6.17 Å². The lowest BCUT2D eigenvalue weighted by molar-refractivity contribution is 0.335. The molecule has 0 bridgehead atoms. The highest BCUT2D eigenvalue weighted by molar-refractivity contribution is 7.99. The minimum atomic E-state index is -0.914. The van der Waals surface area contributed by atoms with Gasteiger partial charge in [-0.15, -0.1) is 11.8 Å². The van der Waals surface area contributed by atoms with Gasteiger partial charge in [0.05, 0.1) is 0 Å². The van der Waals surface area contributed by atoms with Crippen LogP contribution in [-0.4, -0.2) is 18.8 Å². The predicted molar refractivity (Wildman–Crippen MR) is 65.2 cm³/mol. The Kier molecular flexibility index (Phi) is 5.12. The van der Waals surface area contributed by atoms with E-state index in [1.54, 1.807) is 18.8 Å². The molecule has 1 aromatic carbocycles. The monoisotopic (exact) mass is 227 g/mol. The molecular formula is C12H18FNS. The van der Waals surface area contributed by atoms with Crippen LogP contribution >= 0.6 is 11.8 Å². The number of hydrogen-bond donors (Lipinski definition) is 1. The van der Waals surface area contributed by atoms with E-state index < -0.39 is 6.17 Å². The molecule has 0 saturated carbocycles. The molecule has 1 atom stereocenters. The van der Waals surface area contributed by atoms with Gasteiger partial charge in [0, 0.05) is 16.7 Å². The number of nitrogens with one attached hydrogen (secondary N) is 1. The van der Waals surface area contributed by atoms with E-state index in [0.717, 1.165) is 10.5 Å². The second kappa shape index (κ2) is 6.13. The lowest BCUT2D eigenvalue weighted by Crippen LogP contribution is -2.13. The van der Waals surface area contributed by atoms with Crippen LogP contribution in [0.5, 0.6) is 0 Å². The zero-order valence-corrected chi connectivity index (χ0v) is 10.3. The van der Waals surface area contributed by atoms with E-state index in [9.17, 15) is 4.39 Å². The molecule has 0 heterocycles. The van der Waals surface area contributed by atoms with E-state index in [4.69, 9.17) is 0 Å². The Morgan fingerprint density at radius 3 is 2.73 bits per heavy atom. The van der Waals surface area contributed by atoms with Crippen molar-refractivity contribution in [1.82, 2.24) is 5.32 Å². The number of alkyl halides is 1. The zero-order chi connectivity index (χ0) is 11.3. The first kappa shape index (κ1) is 12.5. The lowest BCUT2D eigenvalue weighted by Gasteiger charge is -2.10. The maximum atomic E-state index is 13.6. The number of halogens is 1. The van der Waals surface area contributed by atoms with Crippen molar-refractivity contribution in [3.63, 3.8) is 0 Å². The van der Waals surface area contributed by atoms with E-state index in [1.165, 1.54) is 0 Å². The van der Waals surface area contributed by atoms with Crippen molar-refractivity contribution in [3.8, 4) is 0 Å². The third-order valence-corrected chi connectivity index (χ3v) is 2.97. The molecule has 1 unspecified atom stereocenters. The van der Waals surface area contributed by atoms with Crippen molar-refractivity contribution in [3.05, 3.63) is 29.8 Å². The largest absolute Gasteiger partial charge is 0.317 e. The van der Waals surface area contributed by atoms with Crippen LogP contribution in [0.1, 0.15) is 25.6 Å². The summed E-state index contributed by atoms with van der Waals surface area (Å²) in [5.74, 6) is 0. The quantitative estimate of drug-likeness (QED) is 0.774. The molecule has 3 heteroatoms. The van der Waals surface area contributed by atoms with Gasteiger partial charge in [-0.3, -0.25) is 0 Å². The highest BCUT2D eigenvalue weighted by atomic mass is 32.2. The van der Waals surface area contributed by atoms with Crippen LogP contribution in [-0.2, 0) is 0 Å². The molecule has 1 rings (SSSR count). The van der Waals surface area contributed by atoms with E-state index >= 15 is 0 Å². The summed E-state index contributed by atoms with van der Waals surface area (Å²) in [4.78, 5) is 1.14. The van der Waals surface area contributed by atoms with Crippen molar-refractivity contribution in [2.45, 2.75) is 30.2 Å². The van der Waals surface area contributed by atoms with Gasteiger partial charge in [0.2, 0.25) is 0 Å². The van der Waals surface area contributed by atoms with Crippen LogP contribution in [0, 0.1) is 0 Å². The molecule has 0 saturated heterocycles. The molecule has 0 fully saturated rings. The van der Waals surface area contributed by atoms with Gasteiger partial charge in [0.15, 0.2) is 0 Å². The fraction of sp³-hybridized carbons (Fsp3) is 0.500. The summed E-state index contributed by atoms with van der Waals surface area (Å²) >= 11 is 1.76. The zero-order valence-electron chi connectivity index (χ0n) is 9.46. The van der Waals surface area contributed by atoms with E-state index in [2.05, 4.69) is 19.2 Å². The first-order chi connectivity index (χ1) is 7.13. The first-order valence-corrected chi connectivity index (χ1v) is 6.06. The third kappa shape index (κ3) is 4.22. The van der Waals surface area contributed by atoms with Gasteiger partial charge in [0.25, 0.3) is 0 Å². The fourth-order valence-electron chi connectivity index (χ4n) is 1.35. The van der Waals surface area contributed by atoms with E-state index in [1.807, 2.05) is 24.3 Å². The summed E-state index contributed by atoms with van der Waals surface area (Å²) in [6.07, 6.45) is -0.914. The van der Waals surface area contributed by atoms with Crippen LogP contribution in [0.3, 0.4) is 0 Å². The molecule has 1 nitrogen and oxygen atoms in total. The molecule has 0 radical (unpaired) electrons. The standard InChI is InChI=1S/C12H18FNS/c1-9(2)15-11-6-4-5-10(7-11)12(13)8-14-3/h4-7,9,12,14H,8H2,1-3H3. The lowest BCUT2D eigenvalue weighted by atomic mass is 10.1. The van der Waals surface area contributed by atoms with Crippen LogP contribution in [0.25, 0.3) is 0 Å². The molecule has 0 aliphatic carbocycles. The summed E-state index contributed by atoms with van der Waals surface area (Å²) in [6, 6.07) is 7.72. The summed E-state index contributed by atoms with van der Waals surface area (Å²) in [5.41, 5.74) is 0.759. The normalized spacial score (nSPS) is 13.1. The smallest absolute Gasteiger partial charge is 0.138 e. The van der Waals surface area contributed by atoms with Crippen LogP contribution in [0.15, 0.2) is 29.2 Å². The highest BCUT2D eigenvalue weighted by Crippen LogP contribution is 2.26. The maximum Gasteiger partial charge on any atom is 0.138 e. The second-order valence-corrected chi connectivity index (χ2v) is 5.41. The Labute approximate surface area is 95.5 Å². The Bertz CT molecular complexity index is 301. The van der Waals surface area contributed by atoms with Gasteiger partial charge in [-0.25, -0.2) is 4.39 Å². The van der Waals surface area contributed by atoms with Crippen molar-refractivity contribution in [2.75, 3.05) is 13.6 Å². The first-order valence-electron chi connectivity index (χ1n) is 5.18. The van der Waals surface area contributed by atoms with Crippen molar-refractivity contribution in [2.24, 2.45) is 0 Å². The minimum Gasteiger partial charge on any atom is -0.317 e. The van der Waals surface area contributed by atoms with Gasteiger partial charge in [-0.05, 0) is 24.7 Å². The SMILES string of the molecule is CNCC(F)c1cccc(SC(C)C)c1. The number of hydrogen-bond acceptors (Lipinski definition) is 2. The number of likely N-dealkylation sites (N-methyl/N-ethyl adjacent to an activating group) is 1. The Morgan fingerprint density at radius 1 is 1.40 bits per heavy atom. The number of thioether (sulfide) groups is 1. The fourth-order valence-corrected chi connectivity index (χ4v) is 2.26. The molecule has 15 heavy (non-hydrogen) atoms. The molecule has 84 valence electrons. The summed E-state index contributed by atoms with van der Waals surface area (Å²) in [7, 11) is 1.76. The van der Waals surface area contributed by atoms with Crippen LogP contribution in [0.2, 0.25) is 0 Å². The minimum absolute atomic E-state index is 0.371. The number of rotatable bonds is 5. The summed E-state index contributed by atoms with van der Waals surface area (Å²) < 4.78 is 13.6. The van der Waals surface area contributed by atoms with Gasteiger partial charge < -0.3 is 5.32 Å². The molecule has 0 aliphatic heterocycles. The second-order valence-electron chi connectivity index (χ2n) is 3.76. The van der Waals surface area contributed by atoms with Crippen molar-refractivity contribution >= 4 is 11.8 Å². The summed E-state index contributed by atoms with van der Waals surface area (Å²) in [6.45, 7) is 4.64. The van der Waals surface area contributed by atoms with E-state index in [-0.39, 0.29) is 0 Å². The molecule has 0 spiro atoms. The maximum absolute atomic E-state index is 13.6. The molecule has 0 aliphatic rings. The molecular weight excluding hydrogens is 209 g/mol. The molecule has 1 aromatic rings. The van der Waals surface area contributed by atoms with Crippen LogP contribution < -0.4 is 5.32 Å². The number of benzene rings is 1. The average molecular weight is 227 g/mol.